The molecule has 0 radical (unpaired) electrons. The molecular weight excluding hydrogens is 398 g/mol. The Bertz CT molecular complexity index is 1020. The normalized spacial score (nSPS) is 17.5. The van der Waals surface area contributed by atoms with Crippen LogP contribution in [0.25, 0.3) is 11.0 Å². The van der Waals surface area contributed by atoms with Gasteiger partial charge in [0.25, 0.3) is 0 Å². The van der Waals surface area contributed by atoms with Gasteiger partial charge >= 0.3 is 6.18 Å². The molecule has 0 bridgehead atoms. The van der Waals surface area contributed by atoms with E-state index in [2.05, 4.69) is 14.9 Å². The van der Waals surface area contributed by atoms with Crippen LogP contribution in [-0.2, 0) is 19.1 Å². The van der Waals surface area contributed by atoms with Crippen molar-refractivity contribution in [2.24, 2.45) is 5.41 Å². The number of benzene rings is 2. The summed E-state index contributed by atoms with van der Waals surface area (Å²) in [4.78, 5) is 9.80. The number of aliphatic hydroxyl groups excluding tert-OH is 1. The molecule has 1 aromatic heterocycles. The van der Waals surface area contributed by atoms with Crippen LogP contribution in [0.5, 0.6) is 0 Å². The van der Waals surface area contributed by atoms with Crippen molar-refractivity contribution in [3.05, 3.63) is 65.2 Å². The van der Waals surface area contributed by atoms with E-state index in [9.17, 15) is 22.7 Å². The van der Waals surface area contributed by atoms with Crippen molar-refractivity contribution in [2.45, 2.75) is 32.0 Å². The molecule has 0 aliphatic carbocycles. The Kier molecular flexibility index (Phi) is 5.55. The largest absolute Gasteiger partial charge is 0.416 e. The topological polar surface area (TPSA) is 52.1 Å². The highest BCUT2D eigenvalue weighted by Gasteiger charge is 2.36. The van der Waals surface area contributed by atoms with E-state index in [1.54, 1.807) is 12.1 Å². The molecule has 2 heterocycles. The zero-order valence-electron chi connectivity index (χ0n) is 16.3. The number of likely N-dealkylation sites (tertiary alicyclic amines) is 1. The molecule has 1 aliphatic heterocycles. The molecule has 30 heavy (non-hydrogen) atoms. The lowest BCUT2D eigenvalue weighted by Gasteiger charge is -2.40. The lowest BCUT2D eigenvalue weighted by atomic mass is 9.74. The van der Waals surface area contributed by atoms with E-state index in [0.29, 0.717) is 55.5 Å². The molecule has 4 rings (SSSR count). The van der Waals surface area contributed by atoms with Gasteiger partial charge < -0.3 is 10.1 Å². The third kappa shape index (κ3) is 4.49. The summed E-state index contributed by atoms with van der Waals surface area (Å²) in [5.74, 6) is 0.419. The van der Waals surface area contributed by atoms with Crippen LogP contribution in [0, 0.1) is 11.2 Å². The summed E-state index contributed by atoms with van der Waals surface area (Å²) in [5, 5.41) is 10.0. The van der Waals surface area contributed by atoms with Crippen LogP contribution in [-0.4, -0.2) is 39.7 Å². The zero-order chi connectivity index (χ0) is 21.4. The molecule has 2 N–H and O–H groups in total. The first-order valence-electron chi connectivity index (χ1n) is 9.90. The number of H-pyrrole nitrogens is 1. The van der Waals surface area contributed by atoms with E-state index in [1.165, 1.54) is 24.3 Å². The number of aromatic nitrogens is 2. The number of hydrogen-bond acceptors (Lipinski definition) is 3. The molecule has 1 aliphatic rings. The molecule has 1 saturated heterocycles. The second kappa shape index (κ2) is 8.00. The van der Waals surface area contributed by atoms with Crippen LogP contribution in [0.1, 0.15) is 29.8 Å². The van der Waals surface area contributed by atoms with Crippen molar-refractivity contribution >= 4 is 11.0 Å². The molecule has 3 aromatic rings. The zero-order valence-corrected chi connectivity index (χ0v) is 16.3. The van der Waals surface area contributed by atoms with Crippen LogP contribution in [0.3, 0.4) is 0 Å². The lowest BCUT2D eigenvalue weighted by molar-refractivity contribution is -0.137. The molecule has 0 saturated carbocycles. The fourth-order valence-electron chi connectivity index (χ4n) is 4.19. The van der Waals surface area contributed by atoms with Crippen molar-refractivity contribution in [2.75, 3.05) is 19.7 Å². The van der Waals surface area contributed by atoms with Crippen molar-refractivity contribution in [3.8, 4) is 0 Å². The van der Waals surface area contributed by atoms with E-state index >= 15 is 0 Å². The Morgan fingerprint density at radius 3 is 2.57 bits per heavy atom. The van der Waals surface area contributed by atoms with Crippen LogP contribution < -0.4 is 0 Å². The molecule has 8 heteroatoms. The number of aliphatic hydroxyl groups is 1. The Morgan fingerprint density at radius 1 is 1.10 bits per heavy atom. The molecular formula is C22H23F4N3O. The minimum atomic E-state index is -4.37. The summed E-state index contributed by atoms with van der Waals surface area (Å²) in [7, 11) is 0. The van der Waals surface area contributed by atoms with Gasteiger partial charge in [-0.1, -0.05) is 18.2 Å². The smallest absolute Gasteiger partial charge is 0.396 e. The number of rotatable bonds is 5. The third-order valence-corrected chi connectivity index (χ3v) is 5.95. The van der Waals surface area contributed by atoms with Gasteiger partial charge in [-0.25, -0.2) is 9.37 Å². The average Bonchev–Trinajstić information content (AvgIpc) is 3.10. The van der Waals surface area contributed by atoms with Crippen molar-refractivity contribution in [1.82, 2.24) is 14.9 Å². The maximum Gasteiger partial charge on any atom is 0.416 e. The highest BCUT2D eigenvalue weighted by molar-refractivity contribution is 5.74. The number of nitrogens with zero attached hydrogens (tertiary/aromatic N) is 2. The van der Waals surface area contributed by atoms with Crippen molar-refractivity contribution < 1.29 is 22.7 Å². The molecule has 1 fully saturated rings. The van der Waals surface area contributed by atoms with Gasteiger partial charge in [0.15, 0.2) is 0 Å². The molecule has 2 aromatic carbocycles. The maximum atomic E-state index is 13.4. The first kappa shape index (κ1) is 20.8. The molecule has 0 amide bonds. The summed E-state index contributed by atoms with van der Waals surface area (Å²) in [5.41, 5.74) is 0.852. The summed E-state index contributed by atoms with van der Waals surface area (Å²) in [6.07, 6.45) is -2.62. The molecule has 0 spiro atoms. The van der Waals surface area contributed by atoms with Crippen molar-refractivity contribution in [3.63, 3.8) is 0 Å². The fraction of sp³-hybridized carbons (Fsp3) is 0.409. The first-order valence-corrected chi connectivity index (χ1v) is 9.90. The lowest BCUT2D eigenvalue weighted by Crippen LogP contribution is -2.43. The van der Waals surface area contributed by atoms with Gasteiger partial charge in [0.1, 0.15) is 11.6 Å². The number of nitrogens with one attached hydrogen (secondary N) is 1. The monoisotopic (exact) mass is 421 g/mol. The number of imidazole rings is 1. The quantitative estimate of drug-likeness (QED) is 0.595. The van der Waals surface area contributed by atoms with Gasteiger partial charge in [0, 0.05) is 6.61 Å². The summed E-state index contributed by atoms with van der Waals surface area (Å²) in [6, 6.07) is 9.77. The van der Waals surface area contributed by atoms with Gasteiger partial charge in [0.2, 0.25) is 0 Å². The number of halogens is 4. The Hall–Kier alpha value is -2.45. The molecule has 4 nitrogen and oxygen atoms in total. The van der Waals surface area contributed by atoms with Gasteiger partial charge in [-0.2, -0.15) is 13.2 Å². The maximum absolute atomic E-state index is 13.4. The second-order valence-electron chi connectivity index (χ2n) is 8.15. The number of fused-ring (bicyclic) bond motifs is 1. The van der Waals surface area contributed by atoms with E-state index in [1.807, 2.05) is 0 Å². The minimum absolute atomic E-state index is 0.0685. The van der Waals surface area contributed by atoms with Crippen LogP contribution in [0.15, 0.2) is 42.5 Å². The Balaban J connectivity index is 1.41. The second-order valence-corrected chi connectivity index (χ2v) is 8.15. The number of alkyl halides is 3. The van der Waals surface area contributed by atoms with Gasteiger partial charge in [-0.05, 0) is 67.6 Å². The Morgan fingerprint density at radius 2 is 1.87 bits per heavy atom. The summed E-state index contributed by atoms with van der Waals surface area (Å²) < 4.78 is 52.3. The summed E-state index contributed by atoms with van der Waals surface area (Å²) in [6.45, 7) is 1.90. The third-order valence-electron chi connectivity index (χ3n) is 5.95. The summed E-state index contributed by atoms with van der Waals surface area (Å²) >= 11 is 0. The molecule has 160 valence electrons. The van der Waals surface area contributed by atoms with E-state index < -0.39 is 17.2 Å². The van der Waals surface area contributed by atoms with Gasteiger partial charge in [0.05, 0.1) is 23.1 Å². The highest BCUT2D eigenvalue weighted by Crippen LogP contribution is 2.37. The fourth-order valence-corrected chi connectivity index (χ4v) is 4.19. The predicted molar refractivity (Wildman–Crippen MR) is 105 cm³/mol. The highest BCUT2D eigenvalue weighted by atomic mass is 19.4. The SMILES string of the molecule is OCC1(Cc2cccc(C(F)(F)F)c2)CCN(Cc2nc3ccc(F)cc3[nH]2)CC1. The van der Waals surface area contributed by atoms with E-state index in [4.69, 9.17) is 0 Å². The number of piperidine rings is 1. The predicted octanol–water partition coefficient (Wildman–Crippen LogP) is 4.54. The van der Waals surface area contributed by atoms with Crippen molar-refractivity contribution in [1.29, 1.82) is 0 Å². The molecule has 0 atom stereocenters. The standard InChI is InChI=1S/C22H23F4N3O/c23-17-4-5-18-19(11-17)28-20(27-18)13-29-8-6-21(14-30,7-9-29)12-15-2-1-3-16(10-15)22(24,25)26/h1-5,10-11,30H,6-9,12-14H2,(H,27,28). The van der Waals surface area contributed by atoms with Crippen LogP contribution in [0.4, 0.5) is 17.6 Å². The number of aromatic amines is 1. The van der Waals surface area contributed by atoms with Gasteiger partial charge in [-0.15, -0.1) is 0 Å². The number of hydrogen-bond donors (Lipinski definition) is 2. The van der Waals surface area contributed by atoms with E-state index in [-0.39, 0.29) is 12.4 Å². The molecule has 0 unspecified atom stereocenters. The van der Waals surface area contributed by atoms with E-state index in [0.717, 1.165) is 11.9 Å². The van der Waals surface area contributed by atoms with Crippen LogP contribution in [0.2, 0.25) is 0 Å². The minimum Gasteiger partial charge on any atom is -0.396 e. The average molecular weight is 421 g/mol. The van der Waals surface area contributed by atoms with Crippen LogP contribution >= 0.6 is 0 Å². The first-order chi connectivity index (χ1) is 14.3. The van der Waals surface area contributed by atoms with Gasteiger partial charge in [-0.3, -0.25) is 4.90 Å². The Labute approximate surface area is 171 Å².